The second-order valence-electron chi connectivity index (χ2n) is 8.87. The summed E-state index contributed by atoms with van der Waals surface area (Å²) in [7, 11) is 0. The molecular formula is C28H21N5O2. The highest BCUT2D eigenvalue weighted by molar-refractivity contribution is 6.08. The van der Waals surface area contributed by atoms with E-state index in [1.165, 1.54) is 5.56 Å². The molecule has 1 unspecified atom stereocenters. The molecule has 6 rings (SSSR count). The van der Waals surface area contributed by atoms with Crippen LogP contribution >= 0.6 is 0 Å². The van der Waals surface area contributed by atoms with Crippen LogP contribution in [0.1, 0.15) is 23.1 Å². The van der Waals surface area contributed by atoms with Crippen molar-refractivity contribution < 1.29 is 9.90 Å². The number of rotatable bonds is 3. The second kappa shape index (κ2) is 8.26. The summed E-state index contributed by atoms with van der Waals surface area (Å²) < 4.78 is 0. The number of phenolic OH excluding ortho intramolecular Hbond substituents is 1. The van der Waals surface area contributed by atoms with Crippen molar-refractivity contribution in [2.45, 2.75) is 19.3 Å². The lowest BCUT2D eigenvalue weighted by atomic mass is 9.79. The lowest BCUT2D eigenvalue weighted by Gasteiger charge is -2.27. The summed E-state index contributed by atoms with van der Waals surface area (Å²) >= 11 is 0. The molecule has 3 aromatic carbocycles. The standard InChI is InChI=1S/C28H21N5O2/c29-14-16-1-6-19(7-2-16)31-28(35)18-5-10-21-22(13-18)27(17-3-8-20(34)9-4-17)32-25-12-11-24-23(26(21)25)15-30-33-24/h1-4,6-9,11-12,15,18,34H,5,10,13H2,(H,30,33)(H,31,35). The van der Waals surface area contributed by atoms with Crippen LogP contribution in [0.25, 0.3) is 33.1 Å². The predicted molar refractivity (Wildman–Crippen MR) is 134 cm³/mol. The number of carbonyl (C=O) groups excluding carboxylic acids is 1. The minimum Gasteiger partial charge on any atom is -0.508 e. The van der Waals surface area contributed by atoms with Crippen molar-refractivity contribution in [3.63, 3.8) is 0 Å². The quantitative estimate of drug-likeness (QED) is 0.347. The van der Waals surface area contributed by atoms with Crippen molar-refractivity contribution in [2.75, 3.05) is 5.32 Å². The minimum absolute atomic E-state index is 0.0429. The van der Waals surface area contributed by atoms with Crippen LogP contribution in [0.3, 0.4) is 0 Å². The molecule has 2 aromatic heterocycles. The Morgan fingerprint density at radius 2 is 1.86 bits per heavy atom. The number of pyridine rings is 1. The van der Waals surface area contributed by atoms with Crippen LogP contribution in [-0.4, -0.2) is 26.2 Å². The fraction of sp³-hybridized carbons (Fsp3) is 0.143. The fourth-order valence-corrected chi connectivity index (χ4v) is 5.02. The summed E-state index contributed by atoms with van der Waals surface area (Å²) in [4.78, 5) is 18.2. The van der Waals surface area contributed by atoms with Gasteiger partial charge >= 0.3 is 0 Å². The Kier molecular flexibility index (Phi) is 4.93. The van der Waals surface area contributed by atoms with Crippen LogP contribution in [0, 0.1) is 17.2 Å². The SMILES string of the molecule is N#Cc1ccc(NC(=O)C2CCc3c(c(-c4ccc(O)cc4)nc4ccc5[nH]ncc5c34)C2)cc1. The predicted octanol–water partition coefficient (Wildman–Crippen LogP) is 5.10. The number of aromatic hydroxyl groups is 1. The summed E-state index contributed by atoms with van der Waals surface area (Å²) in [6.45, 7) is 0. The Morgan fingerprint density at radius 3 is 2.63 bits per heavy atom. The molecule has 0 aliphatic heterocycles. The van der Waals surface area contributed by atoms with Crippen molar-refractivity contribution in [3.8, 4) is 23.1 Å². The number of amides is 1. The van der Waals surface area contributed by atoms with Crippen molar-refractivity contribution in [3.05, 3.63) is 83.6 Å². The molecule has 5 aromatic rings. The molecule has 0 bridgehead atoms. The Morgan fingerprint density at radius 1 is 1.06 bits per heavy atom. The van der Waals surface area contributed by atoms with Gasteiger partial charge in [-0.1, -0.05) is 0 Å². The van der Waals surface area contributed by atoms with Crippen LogP contribution in [0.5, 0.6) is 5.75 Å². The molecule has 0 radical (unpaired) electrons. The maximum absolute atomic E-state index is 13.2. The molecule has 0 spiro atoms. The number of nitriles is 1. The first-order valence-electron chi connectivity index (χ1n) is 11.5. The number of fused-ring (bicyclic) bond motifs is 5. The fourth-order valence-electron chi connectivity index (χ4n) is 5.02. The molecule has 35 heavy (non-hydrogen) atoms. The number of aryl methyl sites for hydroxylation is 1. The monoisotopic (exact) mass is 459 g/mol. The Labute approximate surface area is 201 Å². The van der Waals surface area contributed by atoms with Gasteiger partial charge in [0.05, 0.1) is 34.6 Å². The van der Waals surface area contributed by atoms with E-state index in [1.807, 2.05) is 30.5 Å². The molecule has 1 aliphatic rings. The lowest BCUT2D eigenvalue weighted by molar-refractivity contribution is -0.120. The normalized spacial score (nSPS) is 15.0. The number of benzene rings is 3. The first-order chi connectivity index (χ1) is 17.1. The summed E-state index contributed by atoms with van der Waals surface area (Å²) in [5, 5.41) is 31.2. The van der Waals surface area contributed by atoms with E-state index >= 15 is 0 Å². The Balaban J connectivity index is 1.43. The van der Waals surface area contributed by atoms with Crippen LogP contribution in [-0.2, 0) is 17.6 Å². The number of hydrogen-bond donors (Lipinski definition) is 3. The van der Waals surface area contributed by atoms with E-state index in [-0.39, 0.29) is 17.6 Å². The summed E-state index contributed by atoms with van der Waals surface area (Å²) in [5.41, 5.74) is 7.08. The van der Waals surface area contributed by atoms with Crippen LogP contribution in [0.2, 0.25) is 0 Å². The zero-order valence-corrected chi connectivity index (χ0v) is 18.7. The number of anilines is 1. The Bertz CT molecular complexity index is 1630. The summed E-state index contributed by atoms with van der Waals surface area (Å²) in [5.74, 6) is -0.0568. The lowest BCUT2D eigenvalue weighted by Crippen LogP contribution is -2.29. The zero-order chi connectivity index (χ0) is 23.9. The maximum Gasteiger partial charge on any atom is 0.227 e. The van der Waals surface area contributed by atoms with Crippen LogP contribution in [0.4, 0.5) is 5.69 Å². The highest BCUT2D eigenvalue weighted by atomic mass is 16.3. The molecule has 2 heterocycles. The molecule has 7 heteroatoms. The first-order valence-corrected chi connectivity index (χ1v) is 11.5. The third kappa shape index (κ3) is 3.65. The molecular weight excluding hydrogens is 438 g/mol. The van der Waals surface area contributed by atoms with Gasteiger partial charge in [-0.15, -0.1) is 0 Å². The van der Waals surface area contributed by atoms with Gasteiger partial charge in [-0.05, 0) is 91.1 Å². The van der Waals surface area contributed by atoms with E-state index in [1.54, 1.807) is 36.4 Å². The number of H-pyrrole nitrogens is 1. The van der Waals surface area contributed by atoms with Gasteiger partial charge < -0.3 is 10.4 Å². The van der Waals surface area contributed by atoms with Gasteiger partial charge in [0, 0.05) is 27.9 Å². The molecule has 3 N–H and O–H groups in total. The van der Waals surface area contributed by atoms with Gasteiger partial charge in [0.15, 0.2) is 0 Å². The van der Waals surface area contributed by atoms with E-state index in [0.717, 1.165) is 51.5 Å². The molecule has 7 nitrogen and oxygen atoms in total. The van der Waals surface area contributed by atoms with Crippen molar-refractivity contribution in [1.29, 1.82) is 5.26 Å². The topological polar surface area (TPSA) is 115 Å². The molecule has 1 atom stereocenters. The number of aromatic nitrogens is 3. The van der Waals surface area contributed by atoms with E-state index < -0.39 is 0 Å². The van der Waals surface area contributed by atoms with E-state index in [4.69, 9.17) is 10.2 Å². The van der Waals surface area contributed by atoms with Gasteiger partial charge in [-0.25, -0.2) is 4.98 Å². The number of carbonyl (C=O) groups is 1. The smallest absolute Gasteiger partial charge is 0.227 e. The van der Waals surface area contributed by atoms with Gasteiger partial charge in [0.2, 0.25) is 5.91 Å². The summed E-state index contributed by atoms with van der Waals surface area (Å²) in [6, 6.07) is 20.0. The van der Waals surface area contributed by atoms with Gasteiger partial charge in [0.1, 0.15) is 5.75 Å². The van der Waals surface area contributed by atoms with Gasteiger partial charge in [0.25, 0.3) is 0 Å². The molecule has 0 saturated heterocycles. The number of hydrogen-bond acceptors (Lipinski definition) is 5. The first kappa shape index (κ1) is 20.9. The van der Waals surface area contributed by atoms with E-state index in [9.17, 15) is 9.90 Å². The largest absolute Gasteiger partial charge is 0.508 e. The third-order valence-corrected chi connectivity index (χ3v) is 6.77. The average molecular weight is 460 g/mol. The zero-order valence-electron chi connectivity index (χ0n) is 18.7. The molecule has 0 fully saturated rings. The highest BCUT2D eigenvalue weighted by Gasteiger charge is 2.29. The van der Waals surface area contributed by atoms with Gasteiger partial charge in [-0.3, -0.25) is 9.89 Å². The van der Waals surface area contributed by atoms with Crippen LogP contribution in [0.15, 0.2) is 66.9 Å². The molecule has 170 valence electrons. The third-order valence-electron chi connectivity index (χ3n) is 6.77. The highest BCUT2D eigenvalue weighted by Crippen LogP contribution is 2.39. The molecule has 0 saturated carbocycles. The van der Waals surface area contributed by atoms with Crippen LogP contribution < -0.4 is 5.32 Å². The number of aromatic amines is 1. The van der Waals surface area contributed by atoms with Crippen molar-refractivity contribution >= 4 is 33.4 Å². The number of phenols is 1. The minimum atomic E-state index is -0.211. The summed E-state index contributed by atoms with van der Waals surface area (Å²) in [6.07, 6.45) is 3.86. The van der Waals surface area contributed by atoms with Crippen molar-refractivity contribution in [1.82, 2.24) is 15.2 Å². The second-order valence-corrected chi connectivity index (χ2v) is 8.87. The molecule has 1 aliphatic carbocycles. The average Bonchev–Trinajstić information content (AvgIpc) is 3.38. The number of nitrogens with zero attached hydrogens (tertiary/aromatic N) is 3. The van der Waals surface area contributed by atoms with Crippen molar-refractivity contribution in [2.24, 2.45) is 5.92 Å². The number of nitrogens with one attached hydrogen (secondary N) is 2. The maximum atomic E-state index is 13.2. The van der Waals surface area contributed by atoms with E-state index in [2.05, 4.69) is 21.6 Å². The van der Waals surface area contributed by atoms with E-state index in [0.29, 0.717) is 17.7 Å². The Hall–Kier alpha value is -4.70. The van der Waals surface area contributed by atoms with Gasteiger partial charge in [-0.2, -0.15) is 10.4 Å². The molecule has 1 amide bonds.